The molecule has 2 aromatic carbocycles. The van der Waals surface area contributed by atoms with E-state index in [1.165, 1.54) is 26.1 Å². The SMILES string of the molecule is CCc1ccccc1CNC(C)c1cc2ccccc2s1. The molecule has 3 aromatic rings. The first-order valence-electron chi connectivity index (χ1n) is 7.56. The molecule has 1 N–H and O–H groups in total. The van der Waals surface area contributed by atoms with Crippen LogP contribution >= 0.6 is 11.3 Å². The third-order valence-electron chi connectivity index (χ3n) is 3.97. The maximum Gasteiger partial charge on any atom is 0.0389 e. The van der Waals surface area contributed by atoms with E-state index >= 15 is 0 Å². The molecule has 1 nitrogen and oxygen atoms in total. The van der Waals surface area contributed by atoms with Crippen LogP contribution in [0, 0.1) is 0 Å². The van der Waals surface area contributed by atoms with E-state index in [1.807, 2.05) is 11.3 Å². The van der Waals surface area contributed by atoms with Crippen molar-refractivity contribution in [2.75, 3.05) is 0 Å². The molecule has 21 heavy (non-hydrogen) atoms. The smallest absolute Gasteiger partial charge is 0.0389 e. The van der Waals surface area contributed by atoms with Gasteiger partial charge in [-0.25, -0.2) is 0 Å². The summed E-state index contributed by atoms with van der Waals surface area (Å²) in [5, 5.41) is 5.01. The van der Waals surface area contributed by atoms with Crippen LogP contribution in [0.2, 0.25) is 0 Å². The molecule has 0 radical (unpaired) electrons. The summed E-state index contributed by atoms with van der Waals surface area (Å²) >= 11 is 1.89. The number of thiophene rings is 1. The van der Waals surface area contributed by atoms with Gasteiger partial charge in [0.2, 0.25) is 0 Å². The zero-order valence-electron chi connectivity index (χ0n) is 12.6. The zero-order valence-corrected chi connectivity index (χ0v) is 13.4. The Bertz CT molecular complexity index is 696. The number of nitrogens with one attached hydrogen (secondary N) is 1. The second-order valence-corrected chi connectivity index (χ2v) is 6.53. The van der Waals surface area contributed by atoms with Gasteiger partial charge in [-0.05, 0) is 42.0 Å². The van der Waals surface area contributed by atoms with Gasteiger partial charge in [0.05, 0.1) is 0 Å². The lowest BCUT2D eigenvalue weighted by atomic mass is 10.1. The summed E-state index contributed by atoms with van der Waals surface area (Å²) in [7, 11) is 0. The number of benzene rings is 2. The highest BCUT2D eigenvalue weighted by Gasteiger charge is 2.09. The normalized spacial score (nSPS) is 12.7. The van der Waals surface area contributed by atoms with Crippen molar-refractivity contribution in [3.63, 3.8) is 0 Å². The van der Waals surface area contributed by atoms with Gasteiger partial charge >= 0.3 is 0 Å². The van der Waals surface area contributed by atoms with Gasteiger partial charge in [0.25, 0.3) is 0 Å². The molecular weight excluding hydrogens is 274 g/mol. The quantitative estimate of drug-likeness (QED) is 0.672. The Morgan fingerprint density at radius 1 is 1.00 bits per heavy atom. The Morgan fingerprint density at radius 2 is 1.71 bits per heavy atom. The number of fused-ring (bicyclic) bond motifs is 1. The van der Waals surface area contributed by atoms with Gasteiger partial charge in [-0.2, -0.15) is 0 Å². The lowest BCUT2D eigenvalue weighted by Crippen LogP contribution is -2.18. The van der Waals surface area contributed by atoms with E-state index in [1.54, 1.807) is 0 Å². The molecule has 2 heteroatoms. The molecule has 0 aliphatic heterocycles. The predicted molar refractivity (Wildman–Crippen MR) is 92.9 cm³/mol. The lowest BCUT2D eigenvalue weighted by molar-refractivity contribution is 0.581. The molecule has 3 rings (SSSR count). The molecule has 0 fully saturated rings. The van der Waals surface area contributed by atoms with Crippen molar-refractivity contribution in [1.29, 1.82) is 0 Å². The summed E-state index contributed by atoms with van der Waals surface area (Å²) in [5.74, 6) is 0. The summed E-state index contributed by atoms with van der Waals surface area (Å²) < 4.78 is 1.37. The first kappa shape index (κ1) is 14.3. The Morgan fingerprint density at radius 3 is 2.48 bits per heavy atom. The van der Waals surface area contributed by atoms with Crippen LogP contribution in [-0.2, 0) is 13.0 Å². The van der Waals surface area contributed by atoms with Crippen LogP contribution in [0.3, 0.4) is 0 Å². The third kappa shape index (κ3) is 3.17. The fourth-order valence-electron chi connectivity index (χ4n) is 2.65. The minimum atomic E-state index is 0.382. The van der Waals surface area contributed by atoms with Crippen molar-refractivity contribution in [3.8, 4) is 0 Å². The van der Waals surface area contributed by atoms with Gasteiger partial charge in [0, 0.05) is 22.2 Å². The Balaban J connectivity index is 1.72. The molecule has 0 bridgehead atoms. The molecule has 0 saturated carbocycles. The second-order valence-electron chi connectivity index (χ2n) is 5.41. The minimum Gasteiger partial charge on any atom is -0.305 e. The first-order valence-corrected chi connectivity index (χ1v) is 8.38. The van der Waals surface area contributed by atoms with Gasteiger partial charge in [0.15, 0.2) is 0 Å². The van der Waals surface area contributed by atoms with Crippen molar-refractivity contribution in [2.45, 2.75) is 32.9 Å². The van der Waals surface area contributed by atoms with Crippen molar-refractivity contribution in [2.24, 2.45) is 0 Å². The topological polar surface area (TPSA) is 12.0 Å². The Kier molecular flexibility index (Phi) is 4.37. The van der Waals surface area contributed by atoms with Gasteiger partial charge in [0.1, 0.15) is 0 Å². The van der Waals surface area contributed by atoms with Crippen LogP contribution in [0.4, 0.5) is 0 Å². The summed E-state index contributed by atoms with van der Waals surface area (Å²) in [4.78, 5) is 1.41. The minimum absolute atomic E-state index is 0.382. The molecule has 1 unspecified atom stereocenters. The van der Waals surface area contributed by atoms with Gasteiger partial charge in [-0.15, -0.1) is 11.3 Å². The Hall–Kier alpha value is -1.64. The number of aryl methyl sites for hydroxylation is 1. The zero-order chi connectivity index (χ0) is 14.7. The molecule has 1 atom stereocenters. The van der Waals surface area contributed by atoms with Crippen LogP contribution in [0.5, 0.6) is 0 Å². The average Bonchev–Trinajstić information content (AvgIpc) is 2.97. The summed E-state index contributed by atoms with van der Waals surface area (Å²) in [6.45, 7) is 5.40. The molecule has 1 aromatic heterocycles. The van der Waals surface area contributed by atoms with E-state index in [4.69, 9.17) is 0 Å². The second kappa shape index (κ2) is 6.42. The molecule has 0 saturated heterocycles. The van der Waals surface area contributed by atoms with E-state index in [0.29, 0.717) is 6.04 Å². The van der Waals surface area contributed by atoms with Crippen molar-refractivity contribution < 1.29 is 0 Å². The molecule has 1 heterocycles. The number of hydrogen-bond acceptors (Lipinski definition) is 2. The van der Waals surface area contributed by atoms with Crippen LogP contribution in [-0.4, -0.2) is 0 Å². The van der Waals surface area contributed by atoms with E-state index in [-0.39, 0.29) is 0 Å². The summed E-state index contributed by atoms with van der Waals surface area (Å²) in [6.07, 6.45) is 1.09. The molecule has 0 aliphatic carbocycles. The predicted octanol–water partition coefficient (Wildman–Crippen LogP) is 5.31. The van der Waals surface area contributed by atoms with Crippen LogP contribution in [0.15, 0.2) is 54.6 Å². The van der Waals surface area contributed by atoms with Crippen molar-refractivity contribution >= 4 is 21.4 Å². The van der Waals surface area contributed by atoms with Crippen molar-refractivity contribution in [1.82, 2.24) is 5.32 Å². The van der Waals surface area contributed by atoms with Gasteiger partial charge < -0.3 is 5.32 Å². The fraction of sp³-hybridized carbons (Fsp3) is 0.263. The largest absolute Gasteiger partial charge is 0.305 e. The summed E-state index contributed by atoms with van der Waals surface area (Å²) in [5.41, 5.74) is 2.85. The van der Waals surface area contributed by atoms with Crippen LogP contribution in [0.1, 0.15) is 35.9 Å². The number of rotatable bonds is 5. The third-order valence-corrected chi connectivity index (χ3v) is 5.27. The maximum atomic E-state index is 3.66. The van der Waals surface area contributed by atoms with Crippen molar-refractivity contribution in [3.05, 3.63) is 70.6 Å². The number of hydrogen-bond donors (Lipinski definition) is 1. The molecule has 0 spiro atoms. The summed E-state index contributed by atoms with van der Waals surface area (Å²) in [6, 6.07) is 20.0. The Labute approximate surface area is 130 Å². The van der Waals surface area contributed by atoms with Crippen LogP contribution in [0.25, 0.3) is 10.1 Å². The maximum absolute atomic E-state index is 3.66. The van der Waals surface area contributed by atoms with Gasteiger partial charge in [-0.1, -0.05) is 49.4 Å². The van der Waals surface area contributed by atoms with E-state index in [2.05, 4.69) is 73.8 Å². The van der Waals surface area contributed by atoms with E-state index < -0.39 is 0 Å². The fourth-order valence-corrected chi connectivity index (χ4v) is 3.75. The highest BCUT2D eigenvalue weighted by molar-refractivity contribution is 7.19. The lowest BCUT2D eigenvalue weighted by Gasteiger charge is -2.14. The van der Waals surface area contributed by atoms with E-state index in [9.17, 15) is 0 Å². The molecule has 0 aliphatic rings. The van der Waals surface area contributed by atoms with Crippen LogP contribution < -0.4 is 5.32 Å². The molecule has 0 amide bonds. The molecule has 108 valence electrons. The average molecular weight is 295 g/mol. The monoisotopic (exact) mass is 295 g/mol. The standard InChI is InChI=1S/C19H21NS/c1-3-15-8-4-5-10-17(15)13-20-14(2)19-12-16-9-6-7-11-18(16)21-19/h4-12,14,20H,3,13H2,1-2H3. The van der Waals surface area contributed by atoms with Gasteiger partial charge in [-0.3, -0.25) is 0 Å². The highest BCUT2D eigenvalue weighted by Crippen LogP contribution is 2.29. The molecular formula is C19H21NS. The van der Waals surface area contributed by atoms with E-state index in [0.717, 1.165) is 13.0 Å². The highest BCUT2D eigenvalue weighted by atomic mass is 32.1. The first-order chi connectivity index (χ1) is 10.3.